The quantitative estimate of drug-likeness (QED) is 0.549. The molecule has 0 bridgehead atoms. The van der Waals surface area contributed by atoms with E-state index in [1.54, 1.807) is 48.5 Å². The zero-order valence-corrected chi connectivity index (χ0v) is 17.9. The number of carbonyl (C=O) groups is 1. The lowest BCUT2D eigenvalue weighted by atomic mass is 10.0. The van der Waals surface area contributed by atoms with Crippen molar-refractivity contribution in [2.45, 2.75) is 6.10 Å². The summed E-state index contributed by atoms with van der Waals surface area (Å²) < 4.78 is 18.8. The fourth-order valence-corrected chi connectivity index (χ4v) is 3.84. The molecule has 1 saturated heterocycles. The maximum atomic E-state index is 13.1. The number of ketones is 1. The van der Waals surface area contributed by atoms with Crippen LogP contribution < -0.4 is 9.64 Å². The van der Waals surface area contributed by atoms with Gasteiger partial charge in [0.15, 0.2) is 5.78 Å². The molecule has 0 radical (unpaired) electrons. The minimum absolute atomic E-state index is 0.0306. The number of aliphatic hydroxyl groups is 1. The van der Waals surface area contributed by atoms with Crippen molar-refractivity contribution in [1.82, 2.24) is 4.90 Å². The monoisotopic (exact) mass is 434 g/mol. The topological polar surface area (TPSA) is 53.0 Å². The van der Waals surface area contributed by atoms with Gasteiger partial charge in [-0.15, -0.1) is 0 Å². The van der Waals surface area contributed by atoms with E-state index >= 15 is 0 Å². The predicted molar refractivity (Wildman–Crippen MR) is 123 cm³/mol. The van der Waals surface area contributed by atoms with E-state index in [0.717, 1.165) is 31.9 Å². The number of piperazine rings is 1. The number of hydrogen-bond donors (Lipinski definition) is 1. The largest absolute Gasteiger partial charge is 0.491 e. The van der Waals surface area contributed by atoms with Crippen molar-refractivity contribution in [3.8, 4) is 5.75 Å². The number of rotatable bonds is 8. The smallest absolute Gasteiger partial charge is 0.193 e. The van der Waals surface area contributed by atoms with Crippen molar-refractivity contribution in [2.75, 3.05) is 44.2 Å². The Labute approximate surface area is 187 Å². The zero-order chi connectivity index (χ0) is 22.3. The van der Waals surface area contributed by atoms with Crippen molar-refractivity contribution < 1.29 is 19.0 Å². The fourth-order valence-electron chi connectivity index (χ4n) is 3.84. The van der Waals surface area contributed by atoms with E-state index in [1.165, 1.54) is 12.1 Å². The minimum atomic E-state index is -0.613. The number of aliphatic hydroxyl groups excluding tert-OH is 1. The van der Waals surface area contributed by atoms with E-state index in [9.17, 15) is 14.3 Å². The Balaban J connectivity index is 1.21. The Kier molecular flexibility index (Phi) is 7.14. The summed E-state index contributed by atoms with van der Waals surface area (Å²) in [7, 11) is 0. The van der Waals surface area contributed by atoms with E-state index in [1.807, 2.05) is 18.2 Å². The number of β-amino-alcohol motifs (C(OH)–C–C–N with tert-alkyl or cyclic N) is 1. The molecule has 0 saturated carbocycles. The molecule has 3 aromatic rings. The Morgan fingerprint density at radius 3 is 2.16 bits per heavy atom. The molecule has 1 aliphatic rings. The number of nitrogens with zero attached hydrogens (tertiary/aromatic N) is 2. The molecule has 1 N–H and O–H groups in total. The molecular weight excluding hydrogens is 407 g/mol. The first-order valence-electron chi connectivity index (χ1n) is 10.8. The minimum Gasteiger partial charge on any atom is -0.491 e. The molecule has 0 spiro atoms. The molecule has 1 unspecified atom stereocenters. The van der Waals surface area contributed by atoms with Crippen LogP contribution in [0, 0.1) is 5.82 Å². The van der Waals surface area contributed by atoms with Gasteiger partial charge in [0.05, 0.1) is 0 Å². The van der Waals surface area contributed by atoms with Crippen LogP contribution in [0.1, 0.15) is 15.9 Å². The zero-order valence-electron chi connectivity index (χ0n) is 17.9. The Morgan fingerprint density at radius 1 is 0.875 bits per heavy atom. The van der Waals surface area contributed by atoms with Gasteiger partial charge in [0, 0.05) is 49.5 Å². The molecule has 166 valence electrons. The second-order valence-corrected chi connectivity index (χ2v) is 7.95. The van der Waals surface area contributed by atoms with E-state index in [0.29, 0.717) is 23.4 Å². The first kappa shape index (κ1) is 22.0. The van der Waals surface area contributed by atoms with Crippen molar-refractivity contribution in [2.24, 2.45) is 0 Å². The van der Waals surface area contributed by atoms with E-state index in [2.05, 4.69) is 9.80 Å². The van der Waals surface area contributed by atoms with Gasteiger partial charge < -0.3 is 14.7 Å². The van der Waals surface area contributed by atoms with Gasteiger partial charge in [-0.3, -0.25) is 9.69 Å². The summed E-state index contributed by atoms with van der Waals surface area (Å²) in [5.41, 5.74) is 2.27. The molecule has 3 aromatic carbocycles. The molecule has 0 aromatic heterocycles. The lowest BCUT2D eigenvalue weighted by Crippen LogP contribution is -2.49. The van der Waals surface area contributed by atoms with Gasteiger partial charge in [-0.1, -0.05) is 30.3 Å². The summed E-state index contributed by atoms with van der Waals surface area (Å²) in [6.07, 6.45) is -0.613. The third-order valence-corrected chi connectivity index (χ3v) is 5.63. The molecular formula is C26H27FN2O3. The molecule has 1 aliphatic heterocycles. The van der Waals surface area contributed by atoms with E-state index in [4.69, 9.17) is 4.74 Å². The van der Waals surface area contributed by atoms with Gasteiger partial charge >= 0.3 is 0 Å². The SMILES string of the molecule is O=C(c1ccccc1)c1ccc(OCC(O)CN2CCN(c3ccc(F)cc3)CC2)cc1. The van der Waals surface area contributed by atoms with E-state index in [-0.39, 0.29) is 18.2 Å². The van der Waals surface area contributed by atoms with Crippen LogP contribution >= 0.6 is 0 Å². The van der Waals surface area contributed by atoms with Crippen LogP contribution in [0.15, 0.2) is 78.9 Å². The van der Waals surface area contributed by atoms with Crippen molar-refractivity contribution in [1.29, 1.82) is 0 Å². The highest BCUT2D eigenvalue weighted by molar-refractivity contribution is 6.08. The maximum Gasteiger partial charge on any atom is 0.193 e. The number of anilines is 1. The van der Waals surface area contributed by atoms with Crippen LogP contribution in [-0.2, 0) is 0 Å². The Morgan fingerprint density at radius 2 is 1.50 bits per heavy atom. The molecule has 32 heavy (non-hydrogen) atoms. The van der Waals surface area contributed by atoms with Gasteiger partial charge in [0.25, 0.3) is 0 Å². The second kappa shape index (κ2) is 10.4. The summed E-state index contributed by atoms with van der Waals surface area (Å²) in [5.74, 6) is 0.361. The number of ether oxygens (including phenoxy) is 1. The number of hydrogen-bond acceptors (Lipinski definition) is 5. The third kappa shape index (κ3) is 5.72. The molecule has 1 fully saturated rings. The van der Waals surface area contributed by atoms with Crippen molar-refractivity contribution >= 4 is 11.5 Å². The number of benzene rings is 3. The lowest BCUT2D eigenvalue weighted by molar-refractivity contribution is 0.0663. The van der Waals surface area contributed by atoms with Gasteiger partial charge in [0.2, 0.25) is 0 Å². The van der Waals surface area contributed by atoms with Crippen LogP contribution in [0.4, 0.5) is 10.1 Å². The van der Waals surface area contributed by atoms with Gasteiger partial charge in [-0.05, 0) is 48.5 Å². The molecule has 6 heteroatoms. The van der Waals surface area contributed by atoms with Gasteiger partial charge in [-0.2, -0.15) is 0 Å². The fraction of sp³-hybridized carbons (Fsp3) is 0.269. The standard InChI is InChI=1S/C26H27FN2O3/c27-22-8-10-23(11-9-22)29-16-14-28(15-17-29)18-24(30)19-32-25-12-6-21(7-13-25)26(31)20-4-2-1-3-5-20/h1-13,24,30H,14-19H2. The molecule has 1 atom stereocenters. The molecule has 4 rings (SSSR count). The number of halogens is 1. The maximum absolute atomic E-state index is 13.1. The molecule has 1 heterocycles. The summed E-state index contributed by atoms with van der Waals surface area (Å²) >= 11 is 0. The van der Waals surface area contributed by atoms with Gasteiger partial charge in [0.1, 0.15) is 24.3 Å². The average molecular weight is 435 g/mol. The third-order valence-electron chi connectivity index (χ3n) is 5.63. The highest BCUT2D eigenvalue weighted by Gasteiger charge is 2.20. The Bertz CT molecular complexity index is 1000. The van der Waals surface area contributed by atoms with Crippen LogP contribution in [0.5, 0.6) is 5.75 Å². The van der Waals surface area contributed by atoms with Crippen LogP contribution in [0.25, 0.3) is 0 Å². The molecule has 5 nitrogen and oxygen atoms in total. The summed E-state index contributed by atoms with van der Waals surface area (Å²) in [6.45, 7) is 4.02. The normalized spacial score (nSPS) is 15.4. The summed E-state index contributed by atoms with van der Waals surface area (Å²) in [6, 6.07) is 22.7. The van der Waals surface area contributed by atoms with Crippen LogP contribution in [-0.4, -0.2) is 61.2 Å². The molecule has 0 aliphatic carbocycles. The summed E-state index contributed by atoms with van der Waals surface area (Å²) in [4.78, 5) is 16.9. The number of carbonyl (C=O) groups excluding carboxylic acids is 1. The van der Waals surface area contributed by atoms with Gasteiger partial charge in [-0.25, -0.2) is 4.39 Å². The molecule has 0 amide bonds. The summed E-state index contributed by atoms with van der Waals surface area (Å²) in [5, 5.41) is 10.4. The Hall–Kier alpha value is -3.22. The van der Waals surface area contributed by atoms with Crippen LogP contribution in [0.3, 0.4) is 0 Å². The first-order chi connectivity index (χ1) is 15.6. The lowest BCUT2D eigenvalue weighted by Gasteiger charge is -2.36. The predicted octanol–water partition coefficient (Wildman–Crippen LogP) is 3.62. The first-order valence-corrected chi connectivity index (χ1v) is 10.8. The van der Waals surface area contributed by atoms with E-state index < -0.39 is 6.10 Å². The highest BCUT2D eigenvalue weighted by Crippen LogP contribution is 2.18. The van der Waals surface area contributed by atoms with Crippen molar-refractivity contribution in [3.63, 3.8) is 0 Å². The second-order valence-electron chi connectivity index (χ2n) is 7.95. The highest BCUT2D eigenvalue weighted by atomic mass is 19.1. The van der Waals surface area contributed by atoms with Crippen LogP contribution in [0.2, 0.25) is 0 Å². The average Bonchev–Trinajstić information content (AvgIpc) is 2.84. The van der Waals surface area contributed by atoms with Crippen molar-refractivity contribution in [3.05, 3.63) is 95.8 Å².